The predicted octanol–water partition coefficient (Wildman–Crippen LogP) is 1.41. The van der Waals surface area contributed by atoms with Crippen LogP contribution in [-0.4, -0.2) is 30.4 Å². The van der Waals surface area contributed by atoms with Gasteiger partial charge in [0.05, 0.1) is 0 Å². The molecule has 0 spiro atoms. The van der Waals surface area contributed by atoms with Gasteiger partial charge in [-0.1, -0.05) is 16.8 Å². The largest absolute Gasteiger partial charge is 0.410 e. The fourth-order valence-corrected chi connectivity index (χ4v) is 1.51. The molecule has 1 aliphatic rings. The molecule has 0 aromatic rings. The van der Waals surface area contributed by atoms with Gasteiger partial charge in [0, 0.05) is 33.0 Å². The SMILES string of the molecule is COC1(OC)CC(C(Cl)=NO)C1. The first-order valence-corrected chi connectivity index (χ1v) is 4.03. The second-order valence-corrected chi connectivity index (χ2v) is 3.23. The number of halogens is 1. The molecule has 0 saturated heterocycles. The molecule has 1 fully saturated rings. The average Bonchev–Trinajstić information content (AvgIpc) is 2.04. The van der Waals surface area contributed by atoms with Crippen LogP contribution >= 0.6 is 11.6 Å². The first-order chi connectivity index (χ1) is 5.67. The molecule has 0 heterocycles. The first-order valence-electron chi connectivity index (χ1n) is 3.65. The van der Waals surface area contributed by atoms with Crippen LogP contribution in [0, 0.1) is 5.92 Å². The molecule has 0 amide bonds. The Labute approximate surface area is 76.1 Å². The van der Waals surface area contributed by atoms with Gasteiger partial charge < -0.3 is 14.7 Å². The van der Waals surface area contributed by atoms with E-state index in [-0.39, 0.29) is 11.1 Å². The molecule has 4 nitrogen and oxygen atoms in total. The fraction of sp³-hybridized carbons (Fsp3) is 0.857. The maximum absolute atomic E-state index is 8.36. The van der Waals surface area contributed by atoms with E-state index in [2.05, 4.69) is 5.16 Å². The van der Waals surface area contributed by atoms with Crippen LogP contribution in [0.2, 0.25) is 0 Å². The number of hydrogen-bond donors (Lipinski definition) is 1. The summed E-state index contributed by atoms with van der Waals surface area (Å²) in [5, 5.41) is 11.5. The van der Waals surface area contributed by atoms with Gasteiger partial charge in [-0.2, -0.15) is 0 Å². The van der Waals surface area contributed by atoms with Gasteiger partial charge in [-0.3, -0.25) is 0 Å². The van der Waals surface area contributed by atoms with E-state index in [1.807, 2.05) is 0 Å². The molecule has 0 unspecified atom stereocenters. The molecule has 0 aromatic carbocycles. The summed E-state index contributed by atoms with van der Waals surface area (Å²) in [5.41, 5.74) is 0. The Bertz CT molecular complexity index is 183. The third-order valence-electron chi connectivity index (χ3n) is 2.29. The third-order valence-corrected chi connectivity index (χ3v) is 2.68. The normalized spacial score (nSPS) is 23.8. The van der Waals surface area contributed by atoms with E-state index >= 15 is 0 Å². The molecule has 1 rings (SSSR count). The Morgan fingerprint density at radius 2 is 2.00 bits per heavy atom. The Morgan fingerprint density at radius 1 is 1.50 bits per heavy atom. The predicted molar refractivity (Wildman–Crippen MR) is 44.5 cm³/mol. The molecular formula is C7H12ClNO3. The molecule has 0 radical (unpaired) electrons. The number of oxime groups is 1. The van der Waals surface area contributed by atoms with E-state index in [0.29, 0.717) is 12.8 Å². The Kier molecular flexibility index (Phi) is 2.93. The van der Waals surface area contributed by atoms with E-state index in [4.69, 9.17) is 26.3 Å². The minimum Gasteiger partial charge on any atom is -0.410 e. The molecule has 12 heavy (non-hydrogen) atoms. The molecule has 1 saturated carbocycles. The van der Waals surface area contributed by atoms with Gasteiger partial charge >= 0.3 is 0 Å². The van der Waals surface area contributed by atoms with Crippen molar-refractivity contribution in [3.05, 3.63) is 0 Å². The summed E-state index contributed by atoms with van der Waals surface area (Å²) < 4.78 is 10.3. The second kappa shape index (κ2) is 3.60. The van der Waals surface area contributed by atoms with Crippen molar-refractivity contribution in [2.24, 2.45) is 11.1 Å². The quantitative estimate of drug-likeness (QED) is 0.319. The Morgan fingerprint density at radius 3 is 2.33 bits per heavy atom. The van der Waals surface area contributed by atoms with Crippen LogP contribution in [0.25, 0.3) is 0 Å². The van der Waals surface area contributed by atoms with Gasteiger partial charge in [-0.25, -0.2) is 0 Å². The molecule has 5 heteroatoms. The van der Waals surface area contributed by atoms with Crippen LogP contribution in [-0.2, 0) is 9.47 Å². The fourth-order valence-electron chi connectivity index (χ4n) is 1.36. The summed E-state index contributed by atoms with van der Waals surface area (Å²) in [6.07, 6.45) is 1.28. The minimum absolute atomic E-state index is 0.0663. The Balaban J connectivity index is 2.45. The zero-order valence-corrected chi connectivity index (χ0v) is 7.84. The van der Waals surface area contributed by atoms with Crippen LogP contribution in [0.15, 0.2) is 5.16 Å². The van der Waals surface area contributed by atoms with Crippen LogP contribution in [0.1, 0.15) is 12.8 Å². The third kappa shape index (κ3) is 1.55. The van der Waals surface area contributed by atoms with Crippen molar-refractivity contribution in [2.75, 3.05) is 14.2 Å². The zero-order chi connectivity index (χ0) is 9.19. The van der Waals surface area contributed by atoms with Gasteiger partial charge in [-0.05, 0) is 0 Å². The summed E-state index contributed by atoms with van der Waals surface area (Å²) in [6.45, 7) is 0. The lowest BCUT2D eigenvalue weighted by Crippen LogP contribution is -2.49. The molecule has 0 aliphatic heterocycles. The van der Waals surface area contributed by atoms with Gasteiger partial charge in [0.2, 0.25) is 0 Å². The standard InChI is InChI=1S/C7H12ClNO3/c1-11-7(12-2)3-5(4-7)6(8)9-10/h5,10H,3-4H2,1-2H3. The van der Waals surface area contributed by atoms with Crippen molar-refractivity contribution >= 4 is 16.8 Å². The molecule has 0 atom stereocenters. The smallest absolute Gasteiger partial charge is 0.168 e. The van der Waals surface area contributed by atoms with Crippen LogP contribution in [0.3, 0.4) is 0 Å². The van der Waals surface area contributed by atoms with Crippen LogP contribution < -0.4 is 0 Å². The van der Waals surface area contributed by atoms with E-state index < -0.39 is 5.79 Å². The summed E-state index contributed by atoms with van der Waals surface area (Å²) in [7, 11) is 3.17. The maximum Gasteiger partial charge on any atom is 0.168 e. The summed E-state index contributed by atoms with van der Waals surface area (Å²) >= 11 is 5.60. The highest BCUT2D eigenvalue weighted by molar-refractivity contribution is 6.65. The van der Waals surface area contributed by atoms with E-state index in [9.17, 15) is 0 Å². The van der Waals surface area contributed by atoms with Crippen LogP contribution in [0.5, 0.6) is 0 Å². The highest BCUT2D eigenvalue weighted by atomic mass is 35.5. The molecular weight excluding hydrogens is 182 g/mol. The van der Waals surface area contributed by atoms with E-state index in [1.54, 1.807) is 14.2 Å². The average molecular weight is 194 g/mol. The number of hydrogen-bond acceptors (Lipinski definition) is 4. The number of methoxy groups -OCH3 is 2. The number of nitrogens with zero attached hydrogens (tertiary/aromatic N) is 1. The molecule has 1 N–H and O–H groups in total. The summed E-state index contributed by atoms with van der Waals surface area (Å²) in [5.74, 6) is -0.452. The lowest BCUT2D eigenvalue weighted by molar-refractivity contribution is -0.260. The highest BCUT2D eigenvalue weighted by Gasteiger charge is 2.47. The van der Waals surface area contributed by atoms with Crippen molar-refractivity contribution in [3.8, 4) is 0 Å². The lowest BCUT2D eigenvalue weighted by atomic mass is 9.79. The second-order valence-electron chi connectivity index (χ2n) is 2.85. The zero-order valence-electron chi connectivity index (χ0n) is 7.08. The number of rotatable bonds is 3. The first kappa shape index (κ1) is 9.77. The van der Waals surface area contributed by atoms with Gasteiger partial charge in [0.15, 0.2) is 5.79 Å². The topological polar surface area (TPSA) is 51.0 Å². The van der Waals surface area contributed by atoms with Crippen molar-refractivity contribution in [3.63, 3.8) is 0 Å². The highest BCUT2D eigenvalue weighted by Crippen LogP contribution is 2.42. The van der Waals surface area contributed by atoms with Gasteiger partial charge in [-0.15, -0.1) is 0 Å². The van der Waals surface area contributed by atoms with Crippen molar-refractivity contribution in [2.45, 2.75) is 18.6 Å². The van der Waals surface area contributed by atoms with Crippen LogP contribution in [0.4, 0.5) is 0 Å². The number of ether oxygens (including phenoxy) is 2. The van der Waals surface area contributed by atoms with Crippen molar-refractivity contribution in [1.29, 1.82) is 0 Å². The van der Waals surface area contributed by atoms with Gasteiger partial charge in [0.25, 0.3) is 0 Å². The van der Waals surface area contributed by atoms with E-state index in [1.165, 1.54) is 0 Å². The molecule has 0 aromatic heterocycles. The molecule has 1 aliphatic carbocycles. The monoisotopic (exact) mass is 193 g/mol. The lowest BCUT2D eigenvalue weighted by Gasteiger charge is -2.44. The van der Waals surface area contributed by atoms with Gasteiger partial charge in [0.1, 0.15) is 5.17 Å². The maximum atomic E-state index is 8.36. The van der Waals surface area contributed by atoms with Crippen molar-refractivity contribution < 1.29 is 14.7 Å². The summed E-state index contributed by atoms with van der Waals surface area (Å²) in [4.78, 5) is 0. The van der Waals surface area contributed by atoms with Crippen molar-refractivity contribution in [1.82, 2.24) is 0 Å². The minimum atomic E-state index is -0.518. The molecule has 0 bridgehead atoms. The Hall–Kier alpha value is -0.320. The summed E-state index contributed by atoms with van der Waals surface area (Å²) in [6, 6.07) is 0. The molecule has 70 valence electrons. The van der Waals surface area contributed by atoms with E-state index in [0.717, 1.165) is 0 Å².